The topological polar surface area (TPSA) is 85.7 Å². The van der Waals surface area contributed by atoms with E-state index in [1.807, 2.05) is 32.9 Å². The normalized spacial score (nSPS) is 12.3. The van der Waals surface area contributed by atoms with Crippen molar-refractivity contribution in [3.8, 4) is 17.2 Å². The van der Waals surface area contributed by atoms with Crippen LogP contribution >= 0.6 is 0 Å². The van der Waals surface area contributed by atoms with Gasteiger partial charge in [0.1, 0.15) is 5.82 Å². The summed E-state index contributed by atoms with van der Waals surface area (Å²) in [6, 6.07) is 6.21. The van der Waals surface area contributed by atoms with Gasteiger partial charge >= 0.3 is 0 Å². The summed E-state index contributed by atoms with van der Waals surface area (Å²) < 4.78 is 16.8. The molecule has 0 amide bonds. The molecule has 2 aromatic rings. The number of anilines is 1. The Morgan fingerprint density at radius 1 is 1.16 bits per heavy atom. The Hall–Kier alpha value is -2.54. The highest BCUT2D eigenvalue weighted by atomic mass is 16.7. The van der Waals surface area contributed by atoms with E-state index in [0.29, 0.717) is 37.2 Å². The van der Waals surface area contributed by atoms with Crippen molar-refractivity contribution in [2.45, 2.75) is 79.7 Å². The molecule has 180 valence electrons. The quantitative estimate of drug-likeness (QED) is 0.413. The lowest BCUT2D eigenvalue weighted by Gasteiger charge is -2.20. The van der Waals surface area contributed by atoms with E-state index in [1.165, 1.54) is 5.56 Å². The zero-order chi connectivity index (χ0) is 22.5. The van der Waals surface area contributed by atoms with Crippen LogP contribution in [0.25, 0.3) is 0 Å². The summed E-state index contributed by atoms with van der Waals surface area (Å²) in [5.74, 6) is 3.66. The molecule has 0 spiro atoms. The molecule has 1 aliphatic rings. The molecular weight excluding hydrogens is 406 g/mol. The van der Waals surface area contributed by atoms with E-state index in [1.54, 1.807) is 6.20 Å². The number of nitrogens with zero attached hydrogens (tertiary/aromatic N) is 2. The Morgan fingerprint density at radius 3 is 2.69 bits per heavy atom. The maximum atomic E-state index is 9.36. The molecule has 32 heavy (non-hydrogen) atoms. The second-order valence-electron chi connectivity index (χ2n) is 7.27. The van der Waals surface area contributed by atoms with E-state index in [9.17, 15) is 5.11 Å². The number of fused-ring (bicyclic) bond motifs is 1. The molecule has 1 aromatic heterocycles. The maximum absolute atomic E-state index is 9.36. The molecule has 2 heterocycles. The number of hydrogen-bond donors (Lipinski definition) is 2. The first-order valence-corrected chi connectivity index (χ1v) is 11.4. The van der Waals surface area contributed by atoms with Gasteiger partial charge in [-0.25, -0.2) is 9.97 Å². The molecule has 7 nitrogen and oxygen atoms in total. The van der Waals surface area contributed by atoms with E-state index in [4.69, 9.17) is 14.2 Å². The van der Waals surface area contributed by atoms with Gasteiger partial charge in [0.05, 0.1) is 12.8 Å². The average molecular weight is 448 g/mol. The van der Waals surface area contributed by atoms with E-state index in [-0.39, 0.29) is 20.1 Å². The zero-order valence-electron chi connectivity index (χ0n) is 19.3. The van der Waals surface area contributed by atoms with Crippen LogP contribution < -0.4 is 19.5 Å². The lowest BCUT2D eigenvalue weighted by Crippen LogP contribution is -2.22. The number of ether oxygens (including phenoxy) is 3. The Balaban J connectivity index is 0.00000166. The molecule has 0 unspecified atom stereocenters. The molecular formula is C25H41N3O4. The molecule has 2 N–H and O–H groups in total. The van der Waals surface area contributed by atoms with Crippen LogP contribution in [-0.4, -0.2) is 41.1 Å². The summed E-state index contributed by atoms with van der Waals surface area (Å²) >= 11 is 0. The number of rotatable bonds is 12. The molecule has 0 fully saturated rings. The SMILES string of the molecule is C.CC.CCCC[C@@H](CCO)Nc1nc(C)ncc1OCCCc1ccc2c(c1)OCO2. The predicted octanol–water partition coefficient (Wildman–Crippen LogP) is 5.54. The Morgan fingerprint density at radius 2 is 1.94 bits per heavy atom. The van der Waals surface area contributed by atoms with Crippen molar-refractivity contribution < 1.29 is 19.3 Å². The fourth-order valence-corrected chi connectivity index (χ4v) is 3.31. The number of aliphatic hydroxyl groups excluding tert-OH is 1. The highest BCUT2D eigenvalue weighted by Gasteiger charge is 2.15. The average Bonchev–Trinajstić information content (AvgIpc) is 3.26. The largest absolute Gasteiger partial charge is 0.488 e. The van der Waals surface area contributed by atoms with Gasteiger partial charge < -0.3 is 24.6 Å². The minimum absolute atomic E-state index is 0. The summed E-state index contributed by atoms with van der Waals surface area (Å²) in [7, 11) is 0. The summed E-state index contributed by atoms with van der Waals surface area (Å²) in [6.07, 6.45) is 7.37. The van der Waals surface area contributed by atoms with Gasteiger partial charge in [-0.15, -0.1) is 0 Å². The van der Waals surface area contributed by atoms with Crippen LogP contribution in [0.4, 0.5) is 5.82 Å². The number of benzene rings is 1. The molecule has 1 atom stereocenters. The van der Waals surface area contributed by atoms with E-state index >= 15 is 0 Å². The van der Waals surface area contributed by atoms with Gasteiger partial charge in [-0.05, 0) is 50.3 Å². The number of aliphatic hydroxyl groups is 1. The standard InChI is InChI=1S/C22H31N3O4.C2H6.CH4/c1-3-4-7-18(10-11-26)25-22-21(14-23-16(2)24-22)27-12-5-6-17-8-9-19-20(13-17)29-15-28-19;1-2;/h8-9,13-14,18,26H,3-7,10-12,15H2,1-2H3,(H,23,24,25);1-2H3;1H4/t18-;;/m0../s1. The Bertz CT molecular complexity index is 786. The monoisotopic (exact) mass is 447 g/mol. The van der Waals surface area contributed by atoms with Gasteiger partial charge in [0.15, 0.2) is 23.1 Å². The van der Waals surface area contributed by atoms with Gasteiger partial charge in [-0.3, -0.25) is 0 Å². The molecule has 0 saturated heterocycles. The van der Waals surface area contributed by atoms with Crippen molar-refractivity contribution in [3.63, 3.8) is 0 Å². The number of unbranched alkanes of at least 4 members (excludes halogenated alkanes) is 1. The van der Waals surface area contributed by atoms with Crippen LogP contribution in [0.2, 0.25) is 0 Å². The molecule has 1 aromatic carbocycles. The fourth-order valence-electron chi connectivity index (χ4n) is 3.31. The third-order valence-corrected chi connectivity index (χ3v) is 4.90. The molecule has 3 rings (SSSR count). The molecule has 0 bridgehead atoms. The van der Waals surface area contributed by atoms with E-state index in [0.717, 1.165) is 43.6 Å². The van der Waals surface area contributed by atoms with Crippen molar-refractivity contribution in [1.82, 2.24) is 9.97 Å². The molecule has 0 aliphatic carbocycles. The molecule has 0 saturated carbocycles. The van der Waals surface area contributed by atoms with Crippen LogP contribution in [0.15, 0.2) is 24.4 Å². The van der Waals surface area contributed by atoms with Crippen molar-refractivity contribution in [2.75, 3.05) is 25.3 Å². The summed E-state index contributed by atoms with van der Waals surface area (Å²) in [5.41, 5.74) is 1.19. The molecule has 1 aliphatic heterocycles. The first-order chi connectivity index (χ1) is 15.2. The second-order valence-corrected chi connectivity index (χ2v) is 7.27. The van der Waals surface area contributed by atoms with Gasteiger partial charge in [0.2, 0.25) is 6.79 Å². The fraction of sp³-hybridized carbons (Fsp3) is 0.600. The zero-order valence-corrected chi connectivity index (χ0v) is 19.3. The van der Waals surface area contributed by atoms with Crippen LogP contribution in [0.5, 0.6) is 17.2 Å². The van der Waals surface area contributed by atoms with Crippen molar-refractivity contribution in [1.29, 1.82) is 0 Å². The van der Waals surface area contributed by atoms with Gasteiger partial charge in [0, 0.05) is 12.6 Å². The maximum Gasteiger partial charge on any atom is 0.231 e. The predicted molar refractivity (Wildman–Crippen MR) is 130 cm³/mol. The minimum Gasteiger partial charge on any atom is -0.488 e. The van der Waals surface area contributed by atoms with Crippen LogP contribution in [0.1, 0.15) is 71.7 Å². The minimum atomic E-state index is 0. The van der Waals surface area contributed by atoms with Crippen LogP contribution in [-0.2, 0) is 6.42 Å². The lowest BCUT2D eigenvalue weighted by molar-refractivity contribution is 0.174. The highest BCUT2D eigenvalue weighted by molar-refractivity contribution is 5.49. The lowest BCUT2D eigenvalue weighted by atomic mass is 10.1. The second kappa shape index (κ2) is 15.3. The van der Waals surface area contributed by atoms with Gasteiger partial charge in [-0.1, -0.05) is 47.1 Å². The smallest absolute Gasteiger partial charge is 0.231 e. The molecule has 0 radical (unpaired) electrons. The summed E-state index contributed by atoms with van der Waals surface area (Å²) in [6.45, 7) is 9.04. The number of aromatic nitrogens is 2. The summed E-state index contributed by atoms with van der Waals surface area (Å²) in [5, 5.41) is 12.8. The summed E-state index contributed by atoms with van der Waals surface area (Å²) in [4.78, 5) is 8.80. The van der Waals surface area contributed by atoms with E-state index in [2.05, 4.69) is 28.3 Å². The Labute approximate surface area is 193 Å². The van der Waals surface area contributed by atoms with Crippen molar-refractivity contribution >= 4 is 5.82 Å². The number of nitrogens with one attached hydrogen (secondary N) is 1. The first-order valence-electron chi connectivity index (χ1n) is 11.4. The first kappa shape index (κ1) is 27.5. The van der Waals surface area contributed by atoms with Crippen LogP contribution in [0, 0.1) is 6.92 Å². The molecule has 7 heteroatoms. The van der Waals surface area contributed by atoms with Gasteiger partial charge in [-0.2, -0.15) is 0 Å². The van der Waals surface area contributed by atoms with Gasteiger partial charge in [0.25, 0.3) is 0 Å². The number of aryl methyl sites for hydroxylation is 2. The van der Waals surface area contributed by atoms with Crippen molar-refractivity contribution in [3.05, 3.63) is 35.8 Å². The third kappa shape index (κ3) is 8.54. The van der Waals surface area contributed by atoms with Crippen molar-refractivity contribution in [2.24, 2.45) is 0 Å². The highest BCUT2D eigenvalue weighted by Crippen LogP contribution is 2.32. The third-order valence-electron chi connectivity index (χ3n) is 4.90. The van der Waals surface area contributed by atoms with E-state index < -0.39 is 0 Å². The van der Waals surface area contributed by atoms with Crippen LogP contribution in [0.3, 0.4) is 0 Å². The Kier molecular flexibility index (Phi) is 13.1. The number of hydrogen-bond acceptors (Lipinski definition) is 7.